The molecular weight excluding hydrogens is 660 g/mol. The highest BCUT2D eigenvalue weighted by atomic mass is 35.5. The standard InChI is InChI=1S/C38H51ClN4O5S/c1-26-7-6-15-38(25-43-18-17-41(3)22-33(43)24-48-38)34-13-10-30(34)21-42-16-5-4-8-28-19-32(39)12-9-31(28)23-47-36-14-11-29(20-35(36)42)37(44)40-49(45,46)27(26)2/h6,9,11-12,14-15,19-20,26-27,30,33-34H,4-5,7-8,10,13,16-18,21-25H2,1-3H3,(H,40,44)/b15-6+/t26-,27+,30-,33+,34+,38-/m0/s1. The van der Waals surface area contributed by atoms with E-state index in [2.05, 4.69) is 38.6 Å². The van der Waals surface area contributed by atoms with Gasteiger partial charge in [0.1, 0.15) is 18.0 Å². The third-order valence-electron chi connectivity index (χ3n) is 12.0. The number of carbonyl (C=O) groups excluding carboxylic acids is 1. The summed E-state index contributed by atoms with van der Waals surface area (Å²) in [5, 5.41) is -0.0368. The van der Waals surface area contributed by atoms with Crippen LogP contribution in [0.25, 0.3) is 0 Å². The second-order valence-electron chi connectivity index (χ2n) is 15.2. The summed E-state index contributed by atoms with van der Waals surface area (Å²) in [6.45, 7) is 10.2. The number of piperazine rings is 1. The van der Waals surface area contributed by atoms with E-state index in [9.17, 15) is 13.2 Å². The van der Waals surface area contributed by atoms with Crippen LogP contribution in [-0.4, -0.2) is 93.9 Å². The van der Waals surface area contributed by atoms with Crippen LogP contribution in [0.5, 0.6) is 5.75 Å². The first-order chi connectivity index (χ1) is 23.5. The summed E-state index contributed by atoms with van der Waals surface area (Å²) in [6, 6.07) is 11.7. The Kier molecular flexibility index (Phi) is 10.1. The van der Waals surface area contributed by atoms with Gasteiger partial charge in [0.25, 0.3) is 5.91 Å². The van der Waals surface area contributed by atoms with E-state index in [-0.39, 0.29) is 5.92 Å². The number of nitrogens with zero attached hydrogens (tertiary/aromatic N) is 3. The number of ether oxygens (including phenoxy) is 2. The molecule has 2 bridgehead atoms. The minimum absolute atomic E-state index is 0.197. The summed E-state index contributed by atoms with van der Waals surface area (Å²) < 4.78 is 43.0. The third-order valence-corrected chi connectivity index (χ3v) is 14.1. The molecule has 49 heavy (non-hydrogen) atoms. The fourth-order valence-corrected chi connectivity index (χ4v) is 10.0. The van der Waals surface area contributed by atoms with Crippen LogP contribution in [0.1, 0.15) is 67.4 Å². The molecule has 4 heterocycles. The Morgan fingerprint density at radius 3 is 2.67 bits per heavy atom. The maximum absolute atomic E-state index is 13.6. The zero-order valence-electron chi connectivity index (χ0n) is 29.1. The lowest BCUT2D eigenvalue weighted by Gasteiger charge is -2.56. The number of anilines is 1. The smallest absolute Gasteiger partial charge is 0.264 e. The number of likely N-dealkylation sites (N-methyl/N-ethyl adjacent to an activating group) is 1. The lowest BCUT2D eigenvalue weighted by atomic mass is 9.63. The number of fused-ring (bicyclic) bond motifs is 5. The van der Waals surface area contributed by atoms with Crippen LogP contribution in [0.2, 0.25) is 5.02 Å². The van der Waals surface area contributed by atoms with Gasteiger partial charge in [0.2, 0.25) is 10.0 Å². The van der Waals surface area contributed by atoms with E-state index < -0.39 is 26.8 Å². The topological polar surface area (TPSA) is 91.4 Å². The number of nitrogens with one attached hydrogen (secondary N) is 1. The van der Waals surface area contributed by atoms with Crippen LogP contribution in [0.4, 0.5) is 5.69 Å². The van der Waals surface area contributed by atoms with Gasteiger partial charge >= 0.3 is 0 Å². The highest BCUT2D eigenvalue weighted by Crippen LogP contribution is 2.48. The summed E-state index contributed by atoms with van der Waals surface area (Å²) in [7, 11) is -1.75. The van der Waals surface area contributed by atoms with E-state index >= 15 is 0 Å². The summed E-state index contributed by atoms with van der Waals surface area (Å²) >= 11 is 6.39. The molecule has 7 rings (SSSR count). The summed E-state index contributed by atoms with van der Waals surface area (Å²) in [6.07, 6.45) is 10.1. The third kappa shape index (κ3) is 7.27. The molecule has 11 heteroatoms. The average Bonchev–Trinajstić information content (AvgIpc) is 3.09. The quantitative estimate of drug-likeness (QED) is 0.358. The number of aryl methyl sites for hydroxylation is 1. The van der Waals surface area contributed by atoms with Gasteiger partial charge in [-0.2, -0.15) is 0 Å². The molecule has 1 spiro atoms. The first kappa shape index (κ1) is 34.8. The van der Waals surface area contributed by atoms with Crippen molar-refractivity contribution < 1.29 is 22.7 Å². The summed E-state index contributed by atoms with van der Waals surface area (Å²) in [5.41, 5.74) is 3.00. The van der Waals surface area contributed by atoms with Crippen LogP contribution < -0.4 is 14.4 Å². The van der Waals surface area contributed by atoms with Gasteiger partial charge in [-0.3, -0.25) is 9.69 Å². The van der Waals surface area contributed by atoms with Crippen LogP contribution in [0.15, 0.2) is 48.6 Å². The van der Waals surface area contributed by atoms with Crippen molar-refractivity contribution in [2.75, 3.05) is 57.8 Å². The number of halogens is 1. The molecule has 2 saturated heterocycles. The zero-order chi connectivity index (χ0) is 34.3. The molecule has 1 aliphatic carbocycles. The zero-order valence-corrected chi connectivity index (χ0v) is 30.6. The predicted octanol–water partition coefficient (Wildman–Crippen LogP) is 5.52. The number of hydrogen-bond donors (Lipinski definition) is 1. The van der Waals surface area contributed by atoms with E-state index in [0.717, 1.165) is 87.6 Å². The molecule has 9 nitrogen and oxygen atoms in total. The van der Waals surface area contributed by atoms with Crippen molar-refractivity contribution in [2.45, 2.75) is 75.9 Å². The molecule has 1 amide bonds. The van der Waals surface area contributed by atoms with Crippen molar-refractivity contribution in [1.29, 1.82) is 0 Å². The Hall–Kier alpha value is -2.63. The Labute approximate surface area is 297 Å². The van der Waals surface area contributed by atoms with Gasteiger partial charge in [-0.15, -0.1) is 0 Å². The van der Waals surface area contributed by atoms with Crippen LogP contribution in [0.3, 0.4) is 0 Å². The summed E-state index contributed by atoms with van der Waals surface area (Å²) in [5.74, 6) is 0.596. The number of allylic oxidation sites excluding steroid dienone is 1. The van der Waals surface area contributed by atoms with E-state index in [1.807, 2.05) is 37.3 Å². The normalized spacial score (nSPS) is 33.4. The molecule has 266 valence electrons. The summed E-state index contributed by atoms with van der Waals surface area (Å²) in [4.78, 5) is 21.0. The van der Waals surface area contributed by atoms with Gasteiger partial charge in [0.15, 0.2) is 0 Å². The maximum Gasteiger partial charge on any atom is 0.264 e. The SMILES string of the molecule is C[C@@H]1[C@@H](C)C/C=C/[C@]2(CN3CCN(C)C[C@@H]3CO2)[C@@H]2CC[C@H]2CN2CCCCc3cc(Cl)ccc3COc3ccc(cc32)C(=O)NS1(=O)=O. The number of rotatable bonds is 0. The van der Waals surface area contributed by atoms with Crippen molar-refractivity contribution in [2.24, 2.45) is 17.8 Å². The maximum atomic E-state index is 13.6. The van der Waals surface area contributed by atoms with Gasteiger partial charge in [0.05, 0.1) is 17.5 Å². The fraction of sp³-hybridized carbons (Fsp3) is 0.605. The van der Waals surface area contributed by atoms with E-state index in [4.69, 9.17) is 21.1 Å². The number of carbonyl (C=O) groups is 1. The number of sulfonamides is 1. The van der Waals surface area contributed by atoms with Crippen molar-refractivity contribution in [3.63, 3.8) is 0 Å². The molecule has 6 atom stereocenters. The Balaban J connectivity index is 1.27. The Morgan fingerprint density at radius 2 is 1.86 bits per heavy atom. The number of hydrogen-bond acceptors (Lipinski definition) is 8. The van der Waals surface area contributed by atoms with Crippen LogP contribution >= 0.6 is 11.6 Å². The lowest BCUT2D eigenvalue weighted by Crippen LogP contribution is -2.66. The largest absolute Gasteiger partial charge is 0.487 e. The number of amides is 1. The molecule has 0 aromatic heterocycles. The second-order valence-corrected chi connectivity index (χ2v) is 17.7. The predicted molar refractivity (Wildman–Crippen MR) is 194 cm³/mol. The number of morpholine rings is 1. The minimum atomic E-state index is -3.93. The first-order valence-corrected chi connectivity index (χ1v) is 20.0. The van der Waals surface area contributed by atoms with Crippen molar-refractivity contribution >= 4 is 33.2 Å². The molecule has 1 saturated carbocycles. The number of benzene rings is 2. The molecule has 1 N–H and O–H groups in total. The van der Waals surface area contributed by atoms with Gasteiger partial charge in [-0.05, 0) is 112 Å². The molecule has 0 radical (unpaired) electrons. The van der Waals surface area contributed by atoms with Crippen molar-refractivity contribution in [1.82, 2.24) is 14.5 Å². The molecule has 3 fully saturated rings. The second kappa shape index (κ2) is 14.2. The highest BCUT2D eigenvalue weighted by Gasteiger charge is 2.52. The van der Waals surface area contributed by atoms with Crippen molar-refractivity contribution in [3.8, 4) is 5.75 Å². The fourth-order valence-electron chi connectivity index (χ4n) is 8.53. The van der Waals surface area contributed by atoms with Crippen LogP contribution in [0, 0.1) is 17.8 Å². The van der Waals surface area contributed by atoms with E-state index in [1.165, 1.54) is 5.56 Å². The monoisotopic (exact) mass is 710 g/mol. The first-order valence-electron chi connectivity index (χ1n) is 18.1. The highest BCUT2D eigenvalue weighted by molar-refractivity contribution is 7.90. The van der Waals surface area contributed by atoms with Gasteiger partial charge in [-0.1, -0.05) is 36.7 Å². The Morgan fingerprint density at radius 1 is 1.00 bits per heavy atom. The molecule has 4 aliphatic heterocycles. The Bertz CT molecular complexity index is 1690. The molecule has 2 aromatic rings. The van der Waals surface area contributed by atoms with Gasteiger partial charge in [0, 0.05) is 55.9 Å². The van der Waals surface area contributed by atoms with E-state index in [1.54, 1.807) is 13.0 Å². The minimum Gasteiger partial charge on any atom is -0.487 e. The van der Waals surface area contributed by atoms with Gasteiger partial charge in [-0.25, -0.2) is 13.1 Å². The average molecular weight is 711 g/mol. The van der Waals surface area contributed by atoms with Gasteiger partial charge < -0.3 is 19.3 Å². The molecule has 0 unspecified atom stereocenters. The molecular formula is C38H51ClN4O5S. The van der Waals surface area contributed by atoms with Crippen LogP contribution in [-0.2, 0) is 27.8 Å². The lowest BCUT2D eigenvalue weighted by molar-refractivity contribution is -0.173. The van der Waals surface area contributed by atoms with E-state index in [0.29, 0.717) is 48.8 Å². The van der Waals surface area contributed by atoms with Crippen molar-refractivity contribution in [3.05, 3.63) is 70.3 Å². The molecule has 2 aromatic carbocycles. The molecule has 5 aliphatic rings.